The van der Waals surface area contributed by atoms with E-state index in [0.29, 0.717) is 12.1 Å². The summed E-state index contributed by atoms with van der Waals surface area (Å²) in [6.45, 7) is 17.9. The van der Waals surface area contributed by atoms with E-state index in [1.54, 1.807) is 0 Å². The topological polar surface area (TPSA) is 102 Å². The second-order valence-electron chi connectivity index (χ2n) is 11.8. The molecule has 1 aliphatic heterocycles. The Hall–Kier alpha value is -3.97. The molecule has 7 heteroatoms. The van der Waals surface area contributed by atoms with Gasteiger partial charge < -0.3 is 29.9 Å². The Kier molecular flexibility index (Phi) is 9.78. The summed E-state index contributed by atoms with van der Waals surface area (Å²) in [5, 5.41) is 17.1. The molecule has 240 valence electrons. The van der Waals surface area contributed by atoms with E-state index >= 15 is 0 Å². The van der Waals surface area contributed by atoms with Crippen LogP contribution in [0.3, 0.4) is 0 Å². The molecule has 5 N–H and O–H groups in total. The van der Waals surface area contributed by atoms with Crippen LogP contribution in [0.15, 0.2) is 24.3 Å². The zero-order valence-corrected chi connectivity index (χ0v) is 28.5. The molecule has 8 bridgehead atoms. The Morgan fingerprint density at radius 1 is 0.622 bits per heavy atom. The van der Waals surface area contributed by atoms with E-state index in [1.165, 1.54) is 38.8 Å². The minimum atomic E-state index is -0.425. The van der Waals surface area contributed by atoms with Gasteiger partial charge >= 0.3 is 0 Å². The Bertz CT molecular complexity index is 1970. The smallest absolute Gasteiger partial charge is 0.257 e. The molecule has 45 heavy (non-hydrogen) atoms. The van der Waals surface area contributed by atoms with Gasteiger partial charge in [-0.2, -0.15) is 0 Å². The zero-order valence-electron chi connectivity index (χ0n) is 28.5. The van der Waals surface area contributed by atoms with Crippen LogP contribution < -0.4 is 26.7 Å². The molecule has 0 saturated heterocycles. The molecular weight excluding hydrogens is 558 g/mol. The van der Waals surface area contributed by atoms with Crippen molar-refractivity contribution in [3.8, 4) is 0 Å². The predicted octanol–water partition coefficient (Wildman–Crippen LogP) is 4.15. The number of aliphatic hydroxyl groups excluding tert-OH is 1. The van der Waals surface area contributed by atoms with Gasteiger partial charge in [0.25, 0.3) is 5.91 Å². The van der Waals surface area contributed by atoms with Gasteiger partial charge in [0.15, 0.2) is 0 Å². The highest BCUT2D eigenvalue weighted by molar-refractivity contribution is 6.19. The number of H-pyrrole nitrogens is 3. The Morgan fingerprint density at radius 3 is 1.69 bits per heavy atom. The third-order valence-corrected chi connectivity index (χ3v) is 9.70. The summed E-state index contributed by atoms with van der Waals surface area (Å²) in [7, 11) is 0. The number of amides is 1. The molecule has 0 radical (unpaired) electrons. The summed E-state index contributed by atoms with van der Waals surface area (Å²) in [5.74, 6) is -0.262. The number of fused-ring (bicyclic) bond motifs is 8. The molecule has 0 unspecified atom stereocenters. The van der Waals surface area contributed by atoms with Crippen molar-refractivity contribution in [3.05, 3.63) is 90.7 Å². The zero-order chi connectivity index (χ0) is 32.4. The molecule has 5 rings (SSSR count). The number of carbonyl (C=O) groups is 1. The van der Waals surface area contributed by atoms with Crippen LogP contribution in [0.1, 0.15) is 120 Å². The molecule has 4 aromatic heterocycles. The lowest BCUT2D eigenvalue weighted by Crippen LogP contribution is -2.36. The molecule has 0 spiro atoms. The monoisotopic (exact) mass is 609 g/mol. The molecule has 4 aromatic rings. The summed E-state index contributed by atoms with van der Waals surface area (Å²) in [5.41, 5.74) is 13.4. The standard InChI is InChI=1S/C38H51N5O2/c1-9-22-23(10-2)35-33(38(45)39-21-44)37-25(12-4)24(11-3)36(43(37)16-8)28(15-7)32-20-18-30(41-32)26(13-5)29-17-19-31(40-29)27(14-6)34(22)42-35/h17-20,40-42,44H,9-16,21H2,1-8H3,(H,39,45). The van der Waals surface area contributed by atoms with Crippen LogP contribution >= 0.6 is 0 Å². The molecule has 1 amide bonds. The average Bonchev–Trinajstić information content (AvgIpc) is 3.84. The molecule has 0 aromatic carbocycles. The molecule has 0 atom stereocenters. The third kappa shape index (κ3) is 5.25. The van der Waals surface area contributed by atoms with Crippen LogP contribution in [0.4, 0.5) is 0 Å². The number of aliphatic hydroxyl groups is 1. The molecule has 0 fully saturated rings. The number of nitrogens with zero attached hydrogens (tertiary/aromatic N) is 1. The average molecular weight is 610 g/mol. The summed E-state index contributed by atoms with van der Waals surface area (Å²) < 4.78 is 2.37. The summed E-state index contributed by atoms with van der Waals surface area (Å²) in [6, 6.07) is 8.83. The van der Waals surface area contributed by atoms with Crippen LogP contribution in [0.5, 0.6) is 0 Å². The molecule has 0 saturated carbocycles. The molecular formula is C38H51N5O2. The molecule has 1 aliphatic rings. The minimum Gasteiger partial charge on any atom is -0.376 e. The van der Waals surface area contributed by atoms with E-state index in [-0.39, 0.29) is 5.91 Å². The summed E-state index contributed by atoms with van der Waals surface area (Å²) in [6.07, 6.45) is 5.83. The lowest BCUT2D eigenvalue weighted by Gasteiger charge is -2.13. The first-order chi connectivity index (χ1) is 21.9. The van der Waals surface area contributed by atoms with Crippen LogP contribution in [0.25, 0.3) is 22.3 Å². The van der Waals surface area contributed by atoms with Crippen molar-refractivity contribution in [2.75, 3.05) is 6.73 Å². The van der Waals surface area contributed by atoms with E-state index in [0.717, 1.165) is 89.3 Å². The fourth-order valence-electron chi connectivity index (χ4n) is 7.77. The van der Waals surface area contributed by atoms with E-state index in [1.807, 2.05) is 0 Å². The van der Waals surface area contributed by atoms with Crippen molar-refractivity contribution in [2.45, 2.75) is 107 Å². The van der Waals surface area contributed by atoms with Gasteiger partial charge in [-0.15, -0.1) is 0 Å². The maximum Gasteiger partial charge on any atom is 0.257 e. The third-order valence-electron chi connectivity index (χ3n) is 9.70. The number of rotatable bonds is 10. The highest BCUT2D eigenvalue weighted by Crippen LogP contribution is 2.31. The number of aromatic amines is 3. The lowest BCUT2D eigenvalue weighted by molar-refractivity contribution is -0.116. The number of hydrogen-bond acceptors (Lipinski definition) is 2. The predicted molar refractivity (Wildman–Crippen MR) is 185 cm³/mol. The largest absolute Gasteiger partial charge is 0.376 e. The number of nitrogens with one attached hydrogen (secondary N) is 4. The summed E-state index contributed by atoms with van der Waals surface area (Å²) in [4.78, 5) is 25.7. The van der Waals surface area contributed by atoms with Crippen molar-refractivity contribution in [2.24, 2.45) is 0 Å². The van der Waals surface area contributed by atoms with E-state index in [2.05, 4.69) is 104 Å². The van der Waals surface area contributed by atoms with Gasteiger partial charge in [-0.05, 0) is 115 Å². The Balaban J connectivity index is 2.18. The van der Waals surface area contributed by atoms with Crippen molar-refractivity contribution < 1.29 is 9.90 Å². The second-order valence-corrected chi connectivity index (χ2v) is 11.8. The van der Waals surface area contributed by atoms with E-state index in [4.69, 9.17) is 0 Å². The van der Waals surface area contributed by atoms with Crippen LogP contribution in [-0.2, 0) is 37.0 Å². The van der Waals surface area contributed by atoms with Crippen molar-refractivity contribution in [1.29, 1.82) is 0 Å². The normalized spacial score (nSPS) is 13.3. The minimum absolute atomic E-state index is 0.262. The summed E-state index contributed by atoms with van der Waals surface area (Å²) >= 11 is 0. The fraction of sp³-hybridized carbons (Fsp3) is 0.447. The van der Waals surface area contributed by atoms with Gasteiger partial charge in [-0.3, -0.25) is 4.79 Å². The van der Waals surface area contributed by atoms with Crippen LogP contribution in [0.2, 0.25) is 0 Å². The van der Waals surface area contributed by atoms with E-state index in [9.17, 15) is 9.90 Å². The van der Waals surface area contributed by atoms with Crippen LogP contribution in [-0.4, -0.2) is 37.3 Å². The second kappa shape index (κ2) is 13.6. The van der Waals surface area contributed by atoms with Gasteiger partial charge in [0, 0.05) is 39.7 Å². The number of hydrogen-bond donors (Lipinski definition) is 5. The van der Waals surface area contributed by atoms with Crippen molar-refractivity contribution >= 4 is 28.2 Å². The fourth-order valence-corrected chi connectivity index (χ4v) is 7.77. The first kappa shape index (κ1) is 32.4. The molecule has 5 heterocycles. The van der Waals surface area contributed by atoms with Crippen LogP contribution in [0, 0.1) is 0 Å². The van der Waals surface area contributed by atoms with Gasteiger partial charge in [0.2, 0.25) is 0 Å². The van der Waals surface area contributed by atoms with Gasteiger partial charge in [0.1, 0.15) is 6.73 Å². The number of carbonyl (C=O) groups excluding carboxylic acids is 1. The van der Waals surface area contributed by atoms with Gasteiger partial charge in [-0.1, -0.05) is 48.5 Å². The maximum atomic E-state index is 14.3. The quantitative estimate of drug-likeness (QED) is 0.175. The molecule has 0 aliphatic carbocycles. The van der Waals surface area contributed by atoms with Crippen molar-refractivity contribution in [3.63, 3.8) is 0 Å². The molecule has 7 nitrogen and oxygen atoms in total. The highest BCUT2D eigenvalue weighted by Gasteiger charge is 2.28. The lowest BCUT2D eigenvalue weighted by atomic mass is 9.95. The van der Waals surface area contributed by atoms with E-state index < -0.39 is 6.73 Å². The Labute approximate surface area is 266 Å². The highest BCUT2D eigenvalue weighted by atomic mass is 16.3. The first-order valence-corrected chi connectivity index (χ1v) is 17.1. The number of aromatic nitrogens is 4. The first-order valence-electron chi connectivity index (χ1n) is 17.1. The van der Waals surface area contributed by atoms with Gasteiger partial charge in [0.05, 0.1) is 16.6 Å². The van der Waals surface area contributed by atoms with Crippen molar-refractivity contribution in [1.82, 2.24) is 24.8 Å². The maximum absolute atomic E-state index is 14.3. The SMILES string of the molecule is CCC1=c2ccc([nH]2)=C(CC)c2[nH]c(c(CC)c2CC)C(C(=O)NCO)=c2c(CC)c(CC)c(n2CC)=C(CC)c2ccc1[nH]2. The van der Waals surface area contributed by atoms with Gasteiger partial charge in [-0.25, -0.2) is 0 Å². The Morgan fingerprint density at radius 2 is 1.16 bits per heavy atom.